The number of hydrogen-bond acceptors (Lipinski definition) is 7. The molecule has 2 amide bonds. The Kier molecular flexibility index (Phi) is 8.58. The zero-order chi connectivity index (χ0) is 21.2. The summed E-state index contributed by atoms with van der Waals surface area (Å²) in [4.78, 5) is 26.7. The van der Waals surface area contributed by atoms with Crippen LogP contribution in [0.2, 0.25) is 0 Å². The Morgan fingerprint density at radius 3 is 2.63 bits per heavy atom. The molecule has 8 nitrogen and oxygen atoms in total. The van der Waals surface area contributed by atoms with Crippen LogP contribution in [-0.2, 0) is 11.2 Å². The van der Waals surface area contributed by atoms with Gasteiger partial charge in [0.2, 0.25) is 10.9 Å². The van der Waals surface area contributed by atoms with Gasteiger partial charge in [0.25, 0.3) is 5.91 Å². The van der Waals surface area contributed by atoms with E-state index in [0.29, 0.717) is 36.5 Å². The number of aromatic nitrogens is 2. The Morgan fingerprint density at radius 1 is 1.13 bits per heavy atom. The smallest absolute Gasteiger partial charge is 0.286 e. The van der Waals surface area contributed by atoms with Crippen molar-refractivity contribution in [3.05, 3.63) is 34.3 Å². The van der Waals surface area contributed by atoms with E-state index < -0.39 is 0 Å². The second-order valence-electron chi connectivity index (χ2n) is 7.29. The summed E-state index contributed by atoms with van der Waals surface area (Å²) < 4.78 is 5.10. The van der Waals surface area contributed by atoms with Gasteiger partial charge in [-0.1, -0.05) is 17.8 Å². The van der Waals surface area contributed by atoms with Crippen molar-refractivity contribution in [3.63, 3.8) is 0 Å². The molecule has 0 aliphatic carbocycles. The second kappa shape index (κ2) is 11.6. The molecule has 0 bridgehead atoms. The number of ether oxygens (including phenoxy) is 1. The Balaban J connectivity index is 1.34. The van der Waals surface area contributed by atoms with Crippen molar-refractivity contribution >= 4 is 28.8 Å². The topological polar surface area (TPSA) is 96.5 Å². The minimum absolute atomic E-state index is 0.0639. The molecule has 0 spiro atoms. The van der Waals surface area contributed by atoms with Crippen LogP contribution < -0.4 is 15.4 Å². The fraction of sp³-hybridized carbons (Fsp3) is 0.524. The van der Waals surface area contributed by atoms with Gasteiger partial charge in [0.15, 0.2) is 0 Å². The summed E-state index contributed by atoms with van der Waals surface area (Å²) in [6.07, 6.45) is 5.61. The number of aryl methyl sites for hydroxylation is 1. The van der Waals surface area contributed by atoms with Crippen LogP contribution in [0, 0.1) is 0 Å². The molecule has 0 atom stereocenters. The van der Waals surface area contributed by atoms with Crippen molar-refractivity contribution < 1.29 is 14.3 Å². The number of benzene rings is 1. The second-order valence-corrected chi connectivity index (χ2v) is 8.35. The quantitative estimate of drug-likeness (QED) is 0.600. The van der Waals surface area contributed by atoms with E-state index in [4.69, 9.17) is 4.74 Å². The molecule has 2 heterocycles. The minimum atomic E-state index is -0.292. The van der Waals surface area contributed by atoms with Crippen molar-refractivity contribution in [1.29, 1.82) is 0 Å². The van der Waals surface area contributed by atoms with Crippen molar-refractivity contribution in [3.8, 4) is 5.75 Å². The Morgan fingerprint density at radius 2 is 1.90 bits per heavy atom. The van der Waals surface area contributed by atoms with Crippen molar-refractivity contribution in [2.75, 3.05) is 38.6 Å². The first-order valence-electron chi connectivity index (χ1n) is 10.4. The van der Waals surface area contributed by atoms with Crippen LogP contribution in [0.3, 0.4) is 0 Å². The van der Waals surface area contributed by atoms with Crippen LogP contribution >= 0.6 is 11.3 Å². The predicted octanol–water partition coefficient (Wildman–Crippen LogP) is 2.72. The number of carbonyl (C=O) groups excluding carboxylic acids is 2. The van der Waals surface area contributed by atoms with Crippen molar-refractivity contribution in [2.45, 2.75) is 38.5 Å². The molecule has 1 saturated heterocycles. The lowest BCUT2D eigenvalue weighted by Gasteiger charge is -2.26. The van der Waals surface area contributed by atoms with Crippen LogP contribution in [0.1, 0.15) is 46.9 Å². The molecule has 0 saturated carbocycles. The highest BCUT2D eigenvalue weighted by atomic mass is 32.1. The van der Waals surface area contributed by atoms with Gasteiger partial charge in [-0.2, -0.15) is 0 Å². The third kappa shape index (κ3) is 7.07. The van der Waals surface area contributed by atoms with Gasteiger partial charge in [-0.3, -0.25) is 9.59 Å². The summed E-state index contributed by atoms with van der Waals surface area (Å²) in [7, 11) is 1.59. The molecular weight excluding hydrogens is 402 g/mol. The van der Waals surface area contributed by atoms with Gasteiger partial charge in [0, 0.05) is 31.6 Å². The fourth-order valence-electron chi connectivity index (χ4n) is 3.33. The molecule has 2 aromatic rings. The SMILES string of the molecule is COc1ccc(NC(=O)c2nnc(CCCC(=O)NCCN3CCCCC3)s2)cc1. The molecule has 9 heteroatoms. The Hall–Kier alpha value is -2.52. The first-order chi connectivity index (χ1) is 14.6. The molecule has 3 rings (SSSR count). The number of nitrogens with zero attached hydrogens (tertiary/aromatic N) is 3. The first-order valence-corrected chi connectivity index (χ1v) is 11.2. The summed E-state index contributed by atoms with van der Waals surface area (Å²) in [6.45, 7) is 3.91. The van der Waals surface area contributed by atoms with E-state index in [1.807, 2.05) is 0 Å². The highest BCUT2D eigenvalue weighted by molar-refractivity contribution is 7.13. The van der Waals surface area contributed by atoms with Crippen molar-refractivity contribution in [1.82, 2.24) is 20.4 Å². The average Bonchev–Trinajstić information content (AvgIpc) is 3.24. The zero-order valence-electron chi connectivity index (χ0n) is 17.4. The first kappa shape index (κ1) is 22.2. The van der Waals surface area contributed by atoms with E-state index in [-0.39, 0.29) is 11.8 Å². The Bertz CT molecular complexity index is 818. The van der Waals surface area contributed by atoms with E-state index in [2.05, 4.69) is 25.7 Å². The van der Waals surface area contributed by atoms with E-state index in [9.17, 15) is 9.59 Å². The monoisotopic (exact) mass is 431 g/mol. The maximum atomic E-state index is 12.3. The maximum absolute atomic E-state index is 12.3. The number of amides is 2. The number of likely N-dealkylation sites (tertiary alicyclic amines) is 1. The molecule has 1 aromatic carbocycles. The van der Waals surface area contributed by atoms with Gasteiger partial charge in [0.1, 0.15) is 10.8 Å². The highest BCUT2D eigenvalue weighted by Gasteiger charge is 2.14. The highest BCUT2D eigenvalue weighted by Crippen LogP contribution is 2.18. The summed E-state index contributed by atoms with van der Waals surface area (Å²) >= 11 is 1.26. The maximum Gasteiger partial charge on any atom is 0.286 e. The van der Waals surface area contributed by atoms with Gasteiger partial charge in [-0.15, -0.1) is 10.2 Å². The van der Waals surface area contributed by atoms with Gasteiger partial charge < -0.3 is 20.3 Å². The van der Waals surface area contributed by atoms with E-state index in [1.165, 1.54) is 30.6 Å². The van der Waals surface area contributed by atoms with E-state index in [1.54, 1.807) is 31.4 Å². The lowest BCUT2D eigenvalue weighted by molar-refractivity contribution is -0.121. The minimum Gasteiger partial charge on any atom is -0.497 e. The molecule has 2 N–H and O–H groups in total. The molecule has 0 radical (unpaired) electrons. The molecular formula is C21H29N5O3S. The third-order valence-corrected chi connectivity index (χ3v) is 5.98. The molecule has 30 heavy (non-hydrogen) atoms. The predicted molar refractivity (Wildman–Crippen MR) is 117 cm³/mol. The van der Waals surface area contributed by atoms with Gasteiger partial charge in [0.05, 0.1) is 7.11 Å². The summed E-state index contributed by atoms with van der Waals surface area (Å²) in [5.41, 5.74) is 0.666. The number of rotatable bonds is 10. The van der Waals surface area contributed by atoms with Gasteiger partial charge >= 0.3 is 0 Å². The number of anilines is 1. The van der Waals surface area contributed by atoms with Crippen LogP contribution in [-0.4, -0.2) is 60.2 Å². The van der Waals surface area contributed by atoms with Crippen LogP contribution in [0.15, 0.2) is 24.3 Å². The number of carbonyl (C=O) groups is 2. The standard InChI is InChI=1S/C21H29N5O3S/c1-29-17-10-8-16(9-11-17)23-20(28)21-25-24-19(30-21)7-5-6-18(27)22-12-15-26-13-3-2-4-14-26/h8-11H,2-7,12-15H2,1H3,(H,22,27)(H,23,28). The number of piperidine rings is 1. The number of nitrogens with one attached hydrogen (secondary N) is 2. The largest absolute Gasteiger partial charge is 0.497 e. The molecule has 162 valence electrons. The molecule has 1 aliphatic heterocycles. The normalized spacial score (nSPS) is 14.3. The summed E-state index contributed by atoms with van der Waals surface area (Å²) in [5, 5.41) is 14.9. The molecule has 1 fully saturated rings. The van der Waals surface area contributed by atoms with Gasteiger partial charge in [-0.25, -0.2) is 0 Å². The molecule has 1 aromatic heterocycles. The lowest BCUT2D eigenvalue weighted by atomic mass is 10.1. The average molecular weight is 432 g/mol. The fourth-order valence-corrected chi connectivity index (χ4v) is 4.11. The van der Waals surface area contributed by atoms with Crippen molar-refractivity contribution in [2.24, 2.45) is 0 Å². The summed E-state index contributed by atoms with van der Waals surface area (Å²) in [6, 6.07) is 7.09. The van der Waals surface area contributed by atoms with Gasteiger partial charge in [-0.05, 0) is 56.6 Å². The number of hydrogen-bond donors (Lipinski definition) is 2. The van der Waals surface area contributed by atoms with Crippen LogP contribution in [0.25, 0.3) is 0 Å². The molecule has 1 aliphatic rings. The lowest BCUT2D eigenvalue weighted by Crippen LogP contribution is -2.37. The molecule has 0 unspecified atom stereocenters. The zero-order valence-corrected chi connectivity index (χ0v) is 18.2. The van der Waals surface area contributed by atoms with Crippen LogP contribution in [0.4, 0.5) is 5.69 Å². The number of methoxy groups -OCH3 is 1. The van der Waals surface area contributed by atoms with Crippen LogP contribution in [0.5, 0.6) is 5.75 Å². The third-order valence-electron chi connectivity index (χ3n) is 5.00. The summed E-state index contributed by atoms with van der Waals surface area (Å²) in [5.74, 6) is 0.495. The van der Waals surface area contributed by atoms with E-state index in [0.717, 1.165) is 30.4 Å². The Labute approximate surface area is 181 Å². The van der Waals surface area contributed by atoms with E-state index >= 15 is 0 Å².